The van der Waals surface area contributed by atoms with Gasteiger partial charge in [-0.2, -0.15) is 0 Å². The van der Waals surface area contributed by atoms with Crippen LogP contribution in [0.15, 0.2) is 24.3 Å². The summed E-state index contributed by atoms with van der Waals surface area (Å²) in [5, 5.41) is 5.46. The quantitative estimate of drug-likeness (QED) is 0.756. The van der Waals surface area contributed by atoms with Crippen molar-refractivity contribution in [1.82, 2.24) is 15.2 Å². The number of nitrogens with one attached hydrogen (secondary N) is 2. The predicted molar refractivity (Wildman–Crippen MR) is 91.3 cm³/mol. The van der Waals surface area contributed by atoms with E-state index in [0.717, 1.165) is 6.07 Å². The molecule has 0 saturated heterocycles. The number of anilines is 1. The molecule has 1 aromatic heterocycles. The fraction of sp³-hybridized carbons (Fsp3) is 0.278. The van der Waals surface area contributed by atoms with E-state index >= 15 is 0 Å². The van der Waals surface area contributed by atoms with Gasteiger partial charge in [-0.1, -0.05) is 0 Å². The summed E-state index contributed by atoms with van der Waals surface area (Å²) < 4.78 is 39.9. The van der Waals surface area contributed by atoms with Crippen molar-refractivity contribution in [2.75, 3.05) is 18.4 Å². The first-order chi connectivity index (χ1) is 12.8. The number of fused-ring (bicyclic) bond motifs is 1. The van der Waals surface area contributed by atoms with Crippen molar-refractivity contribution in [1.29, 1.82) is 0 Å². The molecule has 2 aromatic rings. The third-order valence-electron chi connectivity index (χ3n) is 4.14. The van der Waals surface area contributed by atoms with Crippen LogP contribution in [0.25, 0.3) is 0 Å². The Morgan fingerprint density at radius 3 is 2.67 bits per heavy atom. The van der Waals surface area contributed by atoms with Gasteiger partial charge in [0, 0.05) is 38.2 Å². The number of aromatic nitrogens is 1. The van der Waals surface area contributed by atoms with Gasteiger partial charge in [0.1, 0.15) is 11.6 Å². The summed E-state index contributed by atoms with van der Waals surface area (Å²) in [5.41, 5.74) is 0.977. The molecule has 2 N–H and O–H groups in total. The number of carbonyl (C=O) groups is 2. The number of hydrogen-bond acceptors (Lipinski definition) is 4. The molecular weight excluding hydrogens is 361 g/mol. The Kier molecular flexibility index (Phi) is 5.29. The predicted octanol–water partition coefficient (Wildman–Crippen LogP) is 2.20. The number of amides is 2. The van der Waals surface area contributed by atoms with Gasteiger partial charge in [-0.25, -0.2) is 18.2 Å². The van der Waals surface area contributed by atoms with Gasteiger partial charge in [-0.05, 0) is 18.2 Å². The second kappa shape index (κ2) is 7.65. The maximum atomic E-state index is 13.7. The first kappa shape index (κ1) is 18.7. The van der Waals surface area contributed by atoms with Gasteiger partial charge in [-0.3, -0.25) is 9.59 Å². The fourth-order valence-electron chi connectivity index (χ4n) is 2.77. The van der Waals surface area contributed by atoms with E-state index < -0.39 is 17.5 Å². The summed E-state index contributed by atoms with van der Waals surface area (Å²) in [5.74, 6) is -3.20. The second-order valence-corrected chi connectivity index (χ2v) is 6.11. The summed E-state index contributed by atoms with van der Waals surface area (Å²) in [7, 11) is 0. The van der Waals surface area contributed by atoms with Crippen LogP contribution < -0.4 is 10.6 Å². The molecule has 1 aromatic carbocycles. The van der Waals surface area contributed by atoms with Gasteiger partial charge in [-0.15, -0.1) is 0 Å². The molecular formula is C18H17F3N4O2. The molecule has 27 heavy (non-hydrogen) atoms. The van der Waals surface area contributed by atoms with Crippen LogP contribution in [0.2, 0.25) is 0 Å². The molecule has 2 amide bonds. The van der Waals surface area contributed by atoms with Crippen LogP contribution in [-0.2, 0) is 17.9 Å². The van der Waals surface area contributed by atoms with E-state index in [4.69, 9.17) is 0 Å². The number of rotatable bonds is 6. The number of carbonyl (C=O) groups excluding carboxylic acids is 2. The van der Waals surface area contributed by atoms with E-state index in [2.05, 4.69) is 15.6 Å². The first-order valence-corrected chi connectivity index (χ1v) is 8.26. The van der Waals surface area contributed by atoms with Gasteiger partial charge in [0.2, 0.25) is 5.91 Å². The summed E-state index contributed by atoms with van der Waals surface area (Å²) in [6.45, 7) is 2.31. The Morgan fingerprint density at radius 2 is 1.93 bits per heavy atom. The monoisotopic (exact) mass is 378 g/mol. The standard InChI is InChI=1S/C18H17F3N4O2/c1-10(26)22-4-5-25-9-16-12(18(25)27)2-3-17(24-16)23-8-11-6-14(20)15(21)7-13(11)19/h2-3,6-7H,4-5,8-9H2,1H3,(H,22,26)(H,23,24). The molecule has 9 heteroatoms. The van der Waals surface area contributed by atoms with E-state index in [1.54, 1.807) is 17.0 Å². The average molecular weight is 378 g/mol. The summed E-state index contributed by atoms with van der Waals surface area (Å²) in [6.07, 6.45) is 0. The van der Waals surface area contributed by atoms with Crippen molar-refractivity contribution in [2.24, 2.45) is 0 Å². The van der Waals surface area contributed by atoms with Crippen molar-refractivity contribution in [2.45, 2.75) is 20.0 Å². The number of nitrogens with zero attached hydrogens (tertiary/aromatic N) is 2. The van der Waals surface area contributed by atoms with Crippen molar-refractivity contribution in [3.8, 4) is 0 Å². The van der Waals surface area contributed by atoms with Crippen molar-refractivity contribution >= 4 is 17.6 Å². The van der Waals surface area contributed by atoms with Crippen LogP contribution in [0.1, 0.15) is 28.5 Å². The molecule has 0 spiro atoms. The smallest absolute Gasteiger partial charge is 0.256 e. The number of halogens is 3. The Bertz CT molecular complexity index is 904. The van der Waals surface area contributed by atoms with Gasteiger partial charge in [0.25, 0.3) is 5.91 Å². The molecule has 0 fully saturated rings. The Morgan fingerprint density at radius 1 is 1.19 bits per heavy atom. The normalized spacial score (nSPS) is 12.9. The van der Waals surface area contributed by atoms with E-state index in [1.165, 1.54) is 6.92 Å². The van der Waals surface area contributed by atoms with Gasteiger partial charge < -0.3 is 15.5 Å². The molecule has 1 aliphatic heterocycles. The number of pyridine rings is 1. The molecule has 0 bridgehead atoms. The summed E-state index contributed by atoms with van der Waals surface area (Å²) in [6, 6.07) is 4.45. The van der Waals surface area contributed by atoms with Crippen molar-refractivity contribution in [3.05, 3.63) is 58.5 Å². The van der Waals surface area contributed by atoms with E-state index in [9.17, 15) is 22.8 Å². The van der Waals surface area contributed by atoms with Gasteiger partial charge >= 0.3 is 0 Å². The highest BCUT2D eigenvalue weighted by Gasteiger charge is 2.28. The van der Waals surface area contributed by atoms with E-state index in [1.807, 2.05) is 0 Å². The Labute approximate surface area is 153 Å². The lowest BCUT2D eigenvalue weighted by Crippen LogP contribution is -2.34. The van der Waals surface area contributed by atoms with Crippen LogP contribution >= 0.6 is 0 Å². The van der Waals surface area contributed by atoms with Crippen LogP contribution in [-0.4, -0.2) is 34.8 Å². The highest BCUT2D eigenvalue weighted by Crippen LogP contribution is 2.23. The zero-order chi connectivity index (χ0) is 19.6. The largest absolute Gasteiger partial charge is 0.366 e. The minimum atomic E-state index is -1.25. The number of benzene rings is 1. The molecule has 0 saturated carbocycles. The third-order valence-corrected chi connectivity index (χ3v) is 4.14. The summed E-state index contributed by atoms with van der Waals surface area (Å²) >= 11 is 0. The Hall–Kier alpha value is -3.10. The molecule has 0 atom stereocenters. The molecule has 2 heterocycles. The maximum absolute atomic E-state index is 13.7. The molecule has 0 radical (unpaired) electrons. The van der Waals surface area contributed by atoms with Crippen LogP contribution in [0.5, 0.6) is 0 Å². The zero-order valence-electron chi connectivity index (χ0n) is 14.5. The highest BCUT2D eigenvalue weighted by molar-refractivity contribution is 5.98. The molecule has 142 valence electrons. The second-order valence-electron chi connectivity index (χ2n) is 6.11. The van der Waals surface area contributed by atoms with Crippen molar-refractivity contribution in [3.63, 3.8) is 0 Å². The Balaban J connectivity index is 1.65. The van der Waals surface area contributed by atoms with Gasteiger partial charge in [0.15, 0.2) is 11.6 Å². The van der Waals surface area contributed by atoms with Gasteiger partial charge in [0.05, 0.1) is 17.8 Å². The minimum absolute atomic E-state index is 0.0378. The molecule has 6 nitrogen and oxygen atoms in total. The van der Waals surface area contributed by atoms with Crippen molar-refractivity contribution < 1.29 is 22.8 Å². The zero-order valence-corrected chi connectivity index (χ0v) is 14.5. The molecule has 3 rings (SSSR count). The van der Waals surface area contributed by atoms with Crippen LogP contribution in [0.4, 0.5) is 19.0 Å². The lowest BCUT2D eigenvalue weighted by atomic mass is 10.2. The topological polar surface area (TPSA) is 74.3 Å². The number of hydrogen-bond donors (Lipinski definition) is 2. The lowest BCUT2D eigenvalue weighted by molar-refractivity contribution is -0.119. The third kappa shape index (κ3) is 4.18. The van der Waals surface area contributed by atoms with E-state index in [-0.39, 0.29) is 23.9 Å². The highest BCUT2D eigenvalue weighted by atomic mass is 19.2. The lowest BCUT2D eigenvalue weighted by Gasteiger charge is -2.14. The minimum Gasteiger partial charge on any atom is -0.366 e. The summed E-state index contributed by atoms with van der Waals surface area (Å²) in [4.78, 5) is 29.1. The van der Waals surface area contributed by atoms with Crippen LogP contribution in [0.3, 0.4) is 0 Å². The SMILES string of the molecule is CC(=O)NCCN1Cc2nc(NCc3cc(F)c(F)cc3F)ccc2C1=O. The molecule has 0 aliphatic carbocycles. The first-order valence-electron chi connectivity index (χ1n) is 8.26. The average Bonchev–Trinajstić information content (AvgIpc) is 2.92. The van der Waals surface area contributed by atoms with Crippen LogP contribution in [0, 0.1) is 17.5 Å². The van der Waals surface area contributed by atoms with E-state index in [0.29, 0.717) is 42.8 Å². The fourth-order valence-corrected chi connectivity index (χ4v) is 2.77. The molecule has 1 aliphatic rings. The maximum Gasteiger partial charge on any atom is 0.256 e. The molecule has 0 unspecified atom stereocenters.